The molecule has 3 aromatic rings. The molecule has 1 aromatic heterocycles. The van der Waals surface area contributed by atoms with Gasteiger partial charge in [-0.25, -0.2) is 0 Å². The fourth-order valence-electron chi connectivity index (χ4n) is 7.20. The summed E-state index contributed by atoms with van der Waals surface area (Å²) in [5.74, 6) is 0.485. The van der Waals surface area contributed by atoms with Gasteiger partial charge >= 0.3 is 0 Å². The van der Waals surface area contributed by atoms with Crippen LogP contribution in [0.15, 0.2) is 66.9 Å². The largest absolute Gasteiger partial charge is 0.390 e. The molecular weight excluding hydrogens is 512 g/mol. The number of amides is 1. The van der Waals surface area contributed by atoms with Crippen molar-refractivity contribution in [3.05, 3.63) is 72.4 Å². The fraction of sp³-hybridized carbons (Fsp3) is 0.471. The lowest BCUT2D eigenvalue weighted by Gasteiger charge is -2.49. The van der Waals surface area contributed by atoms with E-state index >= 15 is 0 Å². The maximum Gasteiger partial charge on any atom is 0.224 e. The number of aliphatic hydroxyl groups is 1. The number of ether oxygens (including phenoxy) is 1. The summed E-state index contributed by atoms with van der Waals surface area (Å²) in [5, 5.41) is 13.4. The lowest BCUT2D eigenvalue weighted by atomic mass is 9.63. The van der Waals surface area contributed by atoms with Crippen molar-refractivity contribution in [1.29, 1.82) is 0 Å². The molecule has 2 heterocycles. The highest BCUT2D eigenvalue weighted by Crippen LogP contribution is 2.46. The van der Waals surface area contributed by atoms with Crippen LogP contribution in [0.3, 0.4) is 0 Å². The average molecular weight is 555 g/mol. The molecule has 3 aliphatic rings. The maximum absolute atomic E-state index is 13.1. The first-order chi connectivity index (χ1) is 19.8. The van der Waals surface area contributed by atoms with Crippen LogP contribution in [-0.2, 0) is 15.1 Å². The number of nitrogens with zero attached hydrogens (tertiary/aromatic N) is 2. The summed E-state index contributed by atoms with van der Waals surface area (Å²) in [5.41, 5.74) is 11.0. The van der Waals surface area contributed by atoms with Gasteiger partial charge in [0.1, 0.15) is 0 Å². The maximum atomic E-state index is 13.1. The third-order valence-corrected chi connectivity index (χ3v) is 9.23. The lowest BCUT2D eigenvalue weighted by Crippen LogP contribution is -2.58. The highest BCUT2D eigenvalue weighted by Gasteiger charge is 2.49. The van der Waals surface area contributed by atoms with Crippen molar-refractivity contribution in [2.75, 3.05) is 31.6 Å². The number of aromatic nitrogens is 1. The van der Waals surface area contributed by atoms with E-state index in [-0.39, 0.29) is 5.91 Å². The Labute approximate surface area is 243 Å². The number of anilines is 1. The van der Waals surface area contributed by atoms with E-state index in [9.17, 15) is 9.90 Å². The summed E-state index contributed by atoms with van der Waals surface area (Å²) >= 11 is 0. The monoisotopic (exact) mass is 554 g/mol. The summed E-state index contributed by atoms with van der Waals surface area (Å²) < 4.78 is 5.51. The molecule has 0 unspecified atom stereocenters. The number of rotatable bonds is 7. The van der Waals surface area contributed by atoms with Crippen LogP contribution in [0.2, 0.25) is 0 Å². The number of nitrogens with one attached hydrogen (secondary N) is 1. The Kier molecular flexibility index (Phi) is 7.97. The van der Waals surface area contributed by atoms with Crippen LogP contribution >= 0.6 is 0 Å². The molecule has 0 radical (unpaired) electrons. The van der Waals surface area contributed by atoms with Crippen LogP contribution in [0, 0.1) is 5.92 Å². The predicted molar refractivity (Wildman–Crippen MR) is 162 cm³/mol. The molecule has 1 amide bonds. The zero-order valence-corrected chi connectivity index (χ0v) is 24.0. The Hall–Kier alpha value is -3.10. The number of morpholine rings is 1. The van der Waals surface area contributed by atoms with Crippen LogP contribution in [0.5, 0.6) is 0 Å². The zero-order chi connectivity index (χ0) is 28.5. The molecule has 6 rings (SSSR count). The van der Waals surface area contributed by atoms with E-state index in [1.807, 2.05) is 43.3 Å². The minimum absolute atomic E-state index is 0.0577. The highest BCUT2D eigenvalue weighted by atomic mass is 16.5. The van der Waals surface area contributed by atoms with Crippen LogP contribution in [-0.4, -0.2) is 58.8 Å². The Morgan fingerprint density at radius 3 is 2.37 bits per heavy atom. The molecule has 4 N–H and O–H groups in total. The molecule has 41 heavy (non-hydrogen) atoms. The molecule has 2 saturated carbocycles. The topological polar surface area (TPSA) is 101 Å². The van der Waals surface area contributed by atoms with E-state index in [1.165, 1.54) is 0 Å². The third-order valence-electron chi connectivity index (χ3n) is 9.23. The van der Waals surface area contributed by atoms with E-state index in [4.69, 9.17) is 15.5 Å². The lowest BCUT2D eigenvalue weighted by molar-refractivity contribution is -0.117. The molecule has 2 aliphatic carbocycles. The van der Waals surface area contributed by atoms with Crippen LogP contribution in [0.4, 0.5) is 5.69 Å². The number of hydrogen-bond acceptors (Lipinski definition) is 6. The Morgan fingerprint density at radius 2 is 1.71 bits per heavy atom. The number of pyridine rings is 1. The smallest absolute Gasteiger partial charge is 0.224 e. The van der Waals surface area contributed by atoms with Gasteiger partial charge in [-0.1, -0.05) is 54.6 Å². The molecule has 2 aromatic carbocycles. The molecule has 216 valence electrons. The number of benzene rings is 2. The molecule has 7 heteroatoms. The van der Waals surface area contributed by atoms with E-state index in [1.54, 1.807) is 6.20 Å². The normalized spacial score (nSPS) is 28.6. The van der Waals surface area contributed by atoms with Crippen molar-refractivity contribution >= 4 is 11.6 Å². The molecule has 0 atom stereocenters. The second-order valence-corrected chi connectivity index (χ2v) is 12.6. The summed E-state index contributed by atoms with van der Waals surface area (Å²) in [7, 11) is 0. The second kappa shape index (κ2) is 11.6. The SMILES string of the molecule is CC1(O)CC(N)(c2ccc(-c3ncc(NC(=O)C[C@H]4CC[C@H](N5CCOCC5)CC4)cc3-c3ccccc3)cc2)C1. The first-order valence-electron chi connectivity index (χ1n) is 15.1. The van der Waals surface area contributed by atoms with Crippen molar-refractivity contribution in [3.8, 4) is 22.4 Å². The van der Waals surface area contributed by atoms with E-state index < -0.39 is 11.1 Å². The van der Waals surface area contributed by atoms with E-state index in [0.717, 1.165) is 79.9 Å². The molecule has 1 saturated heterocycles. The first-order valence-corrected chi connectivity index (χ1v) is 15.1. The van der Waals surface area contributed by atoms with Gasteiger partial charge in [0.15, 0.2) is 0 Å². The minimum Gasteiger partial charge on any atom is -0.390 e. The molecule has 7 nitrogen and oxygen atoms in total. The van der Waals surface area contributed by atoms with E-state index in [0.29, 0.717) is 36.9 Å². The summed E-state index contributed by atoms with van der Waals surface area (Å²) in [6.45, 7) is 5.57. The number of carbonyl (C=O) groups is 1. The molecule has 0 spiro atoms. The van der Waals surface area contributed by atoms with Crippen molar-refractivity contribution in [2.45, 2.75) is 69.1 Å². The summed E-state index contributed by atoms with van der Waals surface area (Å²) in [6, 6.07) is 21.0. The van der Waals surface area contributed by atoms with E-state index in [2.05, 4.69) is 34.5 Å². The van der Waals surface area contributed by atoms with Gasteiger partial charge in [0.05, 0.1) is 36.4 Å². The third kappa shape index (κ3) is 6.38. The standard InChI is InChI=1S/C34H42N4O3/c1-33(40)22-34(35,23-33)27-11-9-26(10-12-27)32-30(25-5-3-2-4-6-25)20-28(21-36-32)37-31(39)19-24-7-13-29(14-8-24)38-15-17-41-18-16-38/h2-6,9-12,20-21,24,29,40H,7-8,13-19,22-23,35H2,1H3,(H,37,39)/t24-,29-,33?,34?. The fourth-order valence-corrected chi connectivity index (χ4v) is 7.20. The van der Waals surface area contributed by atoms with Gasteiger partial charge in [0.25, 0.3) is 0 Å². The zero-order valence-electron chi connectivity index (χ0n) is 24.0. The van der Waals surface area contributed by atoms with Crippen LogP contribution < -0.4 is 11.1 Å². The summed E-state index contributed by atoms with van der Waals surface area (Å²) in [6.07, 6.45) is 7.93. The van der Waals surface area contributed by atoms with Gasteiger partial charge in [-0.05, 0) is 68.6 Å². The quantitative estimate of drug-likeness (QED) is 0.365. The number of carbonyl (C=O) groups excluding carboxylic acids is 1. The van der Waals surface area contributed by atoms with Gasteiger partial charge in [-0.15, -0.1) is 0 Å². The molecule has 3 fully saturated rings. The molecule has 0 bridgehead atoms. The predicted octanol–water partition coefficient (Wildman–Crippen LogP) is 5.33. The Bertz CT molecular complexity index is 1340. The van der Waals surface area contributed by atoms with Gasteiger partial charge in [-0.2, -0.15) is 0 Å². The second-order valence-electron chi connectivity index (χ2n) is 12.6. The van der Waals surface area contributed by atoms with Crippen LogP contribution in [0.1, 0.15) is 57.4 Å². The number of nitrogens with two attached hydrogens (primary N) is 1. The van der Waals surface area contributed by atoms with Crippen molar-refractivity contribution in [1.82, 2.24) is 9.88 Å². The number of hydrogen-bond donors (Lipinski definition) is 3. The summed E-state index contributed by atoms with van der Waals surface area (Å²) in [4.78, 5) is 20.5. The van der Waals surface area contributed by atoms with Crippen LogP contribution in [0.25, 0.3) is 22.4 Å². The first kappa shape index (κ1) is 28.0. The minimum atomic E-state index is -0.696. The Balaban J connectivity index is 1.14. The van der Waals surface area contributed by atoms with Crippen molar-refractivity contribution in [3.63, 3.8) is 0 Å². The Morgan fingerprint density at radius 1 is 1.02 bits per heavy atom. The van der Waals surface area contributed by atoms with Gasteiger partial charge in [0.2, 0.25) is 5.91 Å². The van der Waals surface area contributed by atoms with Gasteiger partial charge < -0.3 is 20.9 Å². The molecule has 1 aliphatic heterocycles. The molecular formula is C34H42N4O3. The highest BCUT2D eigenvalue weighted by molar-refractivity contribution is 5.93. The average Bonchev–Trinajstić information content (AvgIpc) is 2.97. The van der Waals surface area contributed by atoms with Crippen molar-refractivity contribution in [2.24, 2.45) is 11.7 Å². The van der Waals surface area contributed by atoms with Crippen molar-refractivity contribution < 1.29 is 14.6 Å². The van der Waals surface area contributed by atoms with Gasteiger partial charge in [-0.3, -0.25) is 14.7 Å². The van der Waals surface area contributed by atoms with Gasteiger partial charge in [0, 0.05) is 42.2 Å².